The lowest BCUT2D eigenvalue weighted by atomic mass is 9.96. The van der Waals surface area contributed by atoms with Crippen LogP contribution in [0.2, 0.25) is 5.02 Å². The Morgan fingerprint density at radius 1 is 1.43 bits per heavy atom. The van der Waals surface area contributed by atoms with Gasteiger partial charge in [-0.1, -0.05) is 11.6 Å². The van der Waals surface area contributed by atoms with E-state index >= 15 is 0 Å². The number of hydrazine groups is 1. The van der Waals surface area contributed by atoms with Gasteiger partial charge in [-0.2, -0.15) is 0 Å². The Hall–Kier alpha value is -2.12. The first-order valence-corrected chi connectivity index (χ1v) is 7.70. The Bertz CT molecular complexity index is 602. The van der Waals surface area contributed by atoms with Gasteiger partial charge >= 0.3 is 5.97 Å². The van der Waals surface area contributed by atoms with E-state index in [0.29, 0.717) is 16.5 Å². The number of ether oxygens (including phenoxy) is 3. The van der Waals surface area contributed by atoms with Crippen LogP contribution in [-0.4, -0.2) is 18.7 Å². The quantitative estimate of drug-likeness (QED) is 0.228. The summed E-state index contributed by atoms with van der Waals surface area (Å²) in [7, 11) is 0. The Labute approximate surface area is 139 Å². The van der Waals surface area contributed by atoms with Crippen molar-refractivity contribution in [3.05, 3.63) is 34.8 Å². The molecular weight excluding hydrogens is 322 g/mol. The van der Waals surface area contributed by atoms with Crippen LogP contribution in [0.3, 0.4) is 0 Å². The van der Waals surface area contributed by atoms with E-state index in [9.17, 15) is 4.79 Å². The van der Waals surface area contributed by atoms with Gasteiger partial charge in [0.2, 0.25) is 5.88 Å². The molecular formula is C15H20ClN3O4. The van der Waals surface area contributed by atoms with Crippen molar-refractivity contribution >= 4 is 17.6 Å². The predicted molar refractivity (Wildman–Crippen MR) is 85.5 cm³/mol. The number of nitrogens with two attached hydrogens (primary N) is 2. The standard InChI is InChI=1S/C15H20ClN3O4/c1-2-21-15(20)13(19-18)14(17)23-10-6-7-11(16)12(8-10)22-9-4-3-5-9/h6-9,19H,2-5,17-18H2,1H3/b14-13+. The molecule has 0 atom stereocenters. The van der Waals surface area contributed by atoms with Crippen LogP contribution in [0.4, 0.5) is 0 Å². The zero-order chi connectivity index (χ0) is 16.8. The molecule has 0 unspecified atom stereocenters. The van der Waals surface area contributed by atoms with Gasteiger partial charge in [0.05, 0.1) is 17.7 Å². The summed E-state index contributed by atoms with van der Waals surface area (Å²) in [5.74, 6) is 5.27. The number of nitrogens with one attached hydrogen (secondary N) is 1. The molecule has 0 amide bonds. The maximum Gasteiger partial charge on any atom is 0.361 e. The summed E-state index contributed by atoms with van der Waals surface area (Å²) < 4.78 is 16.0. The lowest BCUT2D eigenvalue weighted by Gasteiger charge is -2.27. The minimum absolute atomic E-state index is 0.164. The van der Waals surface area contributed by atoms with Crippen molar-refractivity contribution in [2.45, 2.75) is 32.3 Å². The lowest BCUT2D eigenvalue weighted by molar-refractivity contribution is -0.139. The van der Waals surface area contributed by atoms with E-state index in [-0.39, 0.29) is 24.3 Å². The van der Waals surface area contributed by atoms with Crippen molar-refractivity contribution in [1.29, 1.82) is 0 Å². The fourth-order valence-corrected chi connectivity index (χ4v) is 2.08. The SMILES string of the molecule is CCOC(=O)/C(NN)=C(/N)Oc1ccc(Cl)c(OC2CCC2)c1. The smallest absolute Gasteiger partial charge is 0.361 e. The molecule has 0 aromatic heterocycles. The molecule has 1 fully saturated rings. The van der Waals surface area contributed by atoms with Gasteiger partial charge < -0.3 is 25.4 Å². The average molecular weight is 342 g/mol. The molecule has 126 valence electrons. The molecule has 1 aliphatic rings. The Morgan fingerprint density at radius 3 is 2.74 bits per heavy atom. The average Bonchev–Trinajstić information content (AvgIpc) is 2.47. The topological polar surface area (TPSA) is 109 Å². The highest BCUT2D eigenvalue weighted by molar-refractivity contribution is 6.32. The number of carbonyl (C=O) groups excluding carboxylic acids is 1. The van der Waals surface area contributed by atoms with Crippen LogP contribution in [0.5, 0.6) is 11.5 Å². The molecule has 1 aliphatic carbocycles. The van der Waals surface area contributed by atoms with Crippen molar-refractivity contribution in [2.24, 2.45) is 11.6 Å². The zero-order valence-electron chi connectivity index (χ0n) is 12.8. The van der Waals surface area contributed by atoms with Crippen molar-refractivity contribution < 1.29 is 19.0 Å². The number of esters is 1. The monoisotopic (exact) mass is 341 g/mol. The van der Waals surface area contributed by atoms with Gasteiger partial charge in [0, 0.05) is 6.07 Å². The molecule has 1 saturated carbocycles. The normalized spacial score (nSPS) is 15.3. The van der Waals surface area contributed by atoms with Gasteiger partial charge in [0.25, 0.3) is 0 Å². The van der Waals surface area contributed by atoms with Crippen LogP contribution in [-0.2, 0) is 9.53 Å². The van der Waals surface area contributed by atoms with E-state index in [1.807, 2.05) is 0 Å². The fourth-order valence-electron chi connectivity index (χ4n) is 1.92. The maximum atomic E-state index is 11.7. The summed E-state index contributed by atoms with van der Waals surface area (Å²) in [6.45, 7) is 1.87. The molecule has 7 nitrogen and oxygen atoms in total. The van der Waals surface area contributed by atoms with Crippen molar-refractivity contribution in [3.63, 3.8) is 0 Å². The molecule has 0 radical (unpaired) electrons. The Kier molecular flexibility index (Phi) is 5.95. The number of benzene rings is 1. The second kappa shape index (κ2) is 7.94. The third kappa shape index (κ3) is 4.43. The van der Waals surface area contributed by atoms with Crippen molar-refractivity contribution in [1.82, 2.24) is 5.43 Å². The summed E-state index contributed by atoms with van der Waals surface area (Å²) in [5, 5.41) is 0.481. The third-order valence-electron chi connectivity index (χ3n) is 3.35. The highest BCUT2D eigenvalue weighted by Crippen LogP contribution is 2.33. The highest BCUT2D eigenvalue weighted by atomic mass is 35.5. The first-order valence-electron chi connectivity index (χ1n) is 7.32. The van der Waals surface area contributed by atoms with E-state index in [2.05, 4.69) is 5.43 Å². The van der Waals surface area contributed by atoms with Gasteiger partial charge in [0.15, 0.2) is 5.70 Å². The molecule has 0 bridgehead atoms. The molecule has 5 N–H and O–H groups in total. The third-order valence-corrected chi connectivity index (χ3v) is 3.66. The Balaban J connectivity index is 2.14. The second-order valence-corrected chi connectivity index (χ2v) is 5.38. The summed E-state index contributed by atoms with van der Waals surface area (Å²) in [4.78, 5) is 11.7. The number of hydrogen-bond acceptors (Lipinski definition) is 7. The van der Waals surface area contributed by atoms with Crippen LogP contribution < -0.4 is 26.5 Å². The summed E-state index contributed by atoms with van der Waals surface area (Å²) in [5.41, 5.74) is 7.78. The summed E-state index contributed by atoms with van der Waals surface area (Å²) >= 11 is 6.11. The molecule has 0 saturated heterocycles. The molecule has 0 heterocycles. The van der Waals surface area contributed by atoms with Crippen LogP contribution in [0.1, 0.15) is 26.2 Å². The second-order valence-electron chi connectivity index (χ2n) is 4.97. The largest absolute Gasteiger partial charge is 0.489 e. The Morgan fingerprint density at radius 2 is 2.17 bits per heavy atom. The number of rotatable bonds is 7. The van der Waals surface area contributed by atoms with E-state index in [4.69, 9.17) is 37.4 Å². The van der Waals surface area contributed by atoms with Crippen LogP contribution >= 0.6 is 11.6 Å². The van der Waals surface area contributed by atoms with Crippen LogP contribution in [0.15, 0.2) is 29.8 Å². The summed E-state index contributed by atoms with van der Waals surface area (Å²) in [6.07, 6.45) is 3.34. The molecule has 8 heteroatoms. The molecule has 23 heavy (non-hydrogen) atoms. The minimum Gasteiger partial charge on any atom is -0.489 e. The number of halogens is 1. The molecule has 1 aromatic carbocycles. The van der Waals surface area contributed by atoms with E-state index in [1.165, 1.54) is 0 Å². The van der Waals surface area contributed by atoms with Crippen LogP contribution in [0.25, 0.3) is 0 Å². The molecule has 2 rings (SSSR count). The molecule has 0 spiro atoms. The van der Waals surface area contributed by atoms with Crippen molar-refractivity contribution in [3.8, 4) is 11.5 Å². The molecule has 0 aliphatic heterocycles. The van der Waals surface area contributed by atoms with Gasteiger partial charge in [-0.05, 0) is 38.3 Å². The number of hydrogen-bond donors (Lipinski definition) is 3. The van der Waals surface area contributed by atoms with E-state index in [1.54, 1.807) is 25.1 Å². The maximum absolute atomic E-state index is 11.7. The fraction of sp³-hybridized carbons (Fsp3) is 0.400. The minimum atomic E-state index is -0.701. The van der Waals surface area contributed by atoms with Gasteiger partial charge in [-0.15, -0.1) is 0 Å². The van der Waals surface area contributed by atoms with E-state index < -0.39 is 5.97 Å². The van der Waals surface area contributed by atoms with Gasteiger partial charge in [0.1, 0.15) is 11.5 Å². The van der Waals surface area contributed by atoms with Crippen molar-refractivity contribution in [2.75, 3.05) is 6.61 Å². The van der Waals surface area contributed by atoms with Gasteiger partial charge in [-0.25, -0.2) is 4.79 Å². The lowest BCUT2D eigenvalue weighted by Crippen LogP contribution is -2.32. The van der Waals surface area contributed by atoms with Gasteiger partial charge in [-0.3, -0.25) is 5.84 Å². The number of carbonyl (C=O) groups is 1. The first-order chi connectivity index (χ1) is 11.0. The predicted octanol–water partition coefficient (Wildman–Crippen LogP) is 1.80. The highest BCUT2D eigenvalue weighted by Gasteiger charge is 2.21. The van der Waals surface area contributed by atoms with E-state index in [0.717, 1.165) is 19.3 Å². The zero-order valence-corrected chi connectivity index (χ0v) is 13.6. The van der Waals surface area contributed by atoms with Crippen LogP contribution in [0, 0.1) is 0 Å². The first kappa shape index (κ1) is 17.2. The summed E-state index contributed by atoms with van der Waals surface area (Å²) in [6, 6.07) is 4.87. The molecule has 1 aromatic rings.